The average Bonchev–Trinajstić information content (AvgIpc) is 2.75. The largest absolute Gasteiger partial charge is 0.393 e. The second kappa shape index (κ2) is 8.29. The van der Waals surface area contributed by atoms with Gasteiger partial charge in [0, 0.05) is 0 Å². The highest BCUT2D eigenvalue weighted by molar-refractivity contribution is 5.00. The molecule has 0 bridgehead atoms. The van der Waals surface area contributed by atoms with Gasteiger partial charge in [-0.05, 0) is 49.4 Å². The van der Waals surface area contributed by atoms with Gasteiger partial charge in [0.05, 0.1) is 6.10 Å². The van der Waals surface area contributed by atoms with E-state index in [4.69, 9.17) is 0 Å². The Kier molecular flexibility index (Phi) is 7.42. The molecule has 19 heavy (non-hydrogen) atoms. The molecule has 2 aliphatic rings. The van der Waals surface area contributed by atoms with E-state index in [1.807, 2.05) is 13.8 Å². The Hall–Kier alpha value is -0.0400. The predicted molar refractivity (Wildman–Crippen MR) is 84.3 cm³/mol. The molecule has 1 N–H and O–H groups in total. The molecule has 0 aromatic carbocycles. The SMILES string of the molecule is CC.CCCCCCC1CC[C@H]2C(O)CCCC12C. The minimum atomic E-state index is 0.00870. The van der Waals surface area contributed by atoms with Crippen LogP contribution in [0, 0.1) is 17.3 Å². The van der Waals surface area contributed by atoms with Crippen molar-refractivity contribution in [1.29, 1.82) is 0 Å². The summed E-state index contributed by atoms with van der Waals surface area (Å²) in [5.41, 5.74) is 0.476. The fourth-order valence-electron chi connectivity index (χ4n) is 4.55. The number of hydrogen-bond acceptors (Lipinski definition) is 1. The first kappa shape index (κ1) is 17.0. The molecule has 114 valence electrons. The van der Waals surface area contributed by atoms with Crippen LogP contribution < -0.4 is 0 Å². The molecule has 2 saturated carbocycles. The Balaban J connectivity index is 0.000000861. The van der Waals surface area contributed by atoms with Gasteiger partial charge >= 0.3 is 0 Å². The molecule has 4 atom stereocenters. The smallest absolute Gasteiger partial charge is 0.0573 e. The molecule has 0 aromatic rings. The zero-order valence-corrected chi connectivity index (χ0v) is 13.8. The van der Waals surface area contributed by atoms with Crippen LogP contribution in [0.1, 0.15) is 91.9 Å². The van der Waals surface area contributed by atoms with Crippen LogP contribution in [-0.2, 0) is 0 Å². The van der Waals surface area contributed by atoms with Gasteiger partial charge in [0.15, 0.2) is 0 Å². The number of rotatable bonds is 5. The van der Waals surface area contributed by atoms with Gasteiger partial charge in [-0.1, -0.05) is 59.8 Å². The standard InChI is InChI=1S/C16H30O.C2H6/c1-3-4-5-6-8-13-10-11-14-15(17)9-7-12-16(13,14)2;1-2/h13-15,17H,3-12H2,1-2H3;1-2H3/t13?,14-,15?,16?;/m0./s1. The molecule has 2 fully saturated rings. The summed E-state index contributed by atoms with van der Waals surface area (Å²) in [7, 11) is 0. The topological polar surface area (TPSA) is 20.2 Å². The van der Waals surface area contributed by atoms with Gasteiger partial charge in [-0.15, -0.1) is 0 Å². The maximum atomic E-state index is 10.2. The summed E-state index contributed by atoms with van der Waals surface area (Å²) >= 11 is 0. The quantitative estimate of drug-likeness (QED) is 0.647. The minimum Gasteiger partial charge on any atom is -0.393 e. The summed E-state index contributed by atoms with van der Waals surface area (Å²) in [6, 6.07) is 0. The Labute approximate surface area is 121 Å². The Bertz CT molecular complexity index is 238. The number of aliphatic hydroxyl groups is 1. The third kappa shape index (κ3) is 3.97. The van der Waals surface area contributed by atoms with Crippen LogP contribution in [0.5, 0.6) is 0 Å². The van der Waals surface area contributed by atoms with E-state index in [9.17, 15) is 5.11 Å². The van der Waals surface area contributed by atoms with E-state index in [1.54, 1.807) is 0 Å². The molecule has 0 aromatic heterocycles. The van der Waals surface area contributed by atoms with Crippen molar-refractivity contribution in [1.82, 2.24) is 0 Å². The Morgan fingerprint density at radius 2 is 1.79 bits per heavy atom. The molecule has 0 radical (unpaired) electrons. The van der Waals surface area contributed by atoms with Gasteiger partial charge in [0.2, 0.25) is 0 Å². The maximum absolute atomic E-state index is 10.2. The van der Waals surface area contributed by atoms with Crippen LogP contribution in [0.2, 0.25) is 0 Å². The third-order valence-electron chi connectivity index (χ3n) is 5.69. The highest BCUT2D eigenvalue weighted by Gasteiger charge is 2.50. The molecule has 0 saturated heterocycles. The fraction of sp³-hybridized carbons (Fsp3) is 1.00. The maximum Gasteiger partial charge on any atom is 0.0573 e. The lowest BCUT2D eigenvalue weighted by Crippen LogP contribution is -2.39. The first-order valence-corrected chi connectivity index (χ1v) is 8.86. The summed E-state index contributed by atoms with van der Waals surface area (Å²) in [6.45, 7) is 8.75. The van der Waals surface area contributed by atoms with Gasteiger partial charge in [-0.3, -0.25) is 0 Å². The van der Waals surface area contributed by atoms with E-state index in [2.05, 4.69) is 13.8 Å². The lowest BCUT2D eigenvalue weighted by atomic mass is 9.63. The van der Waals surface area contributed by atoms with Crippen molar-refractivity contribution in [2.75, 3.05) is 0 Å². The van der Waals surface area contributed by atoms with E-state index >= 15 is 0 Å². The molecule has 1 nitrogen and oxygen atoms in total. The van der Waals surface area contributed by atoms with Crippen molar-refractivity contribution in [3.05, 3.63) is 0 Å². The lowest BCUT2D eigenvalue weighted by molar-refractivity contribution is -0.0186. The van der Waals surface area contributed by atoms with E-state index < -0.39 is 0 Å². The number of unbranched alkanes of at least 4 members (excludes halogenated alkanes) is 3. The summed E-state index contributed by atoms with van der Waals surface area (Å²) in [6.07, 6.45) is 13.3. The molecular formula is C18H36O. The number of fused-ring (bicyclic) bond motifs is 1. The van der Waals surface area contributed by atoms with Crippen molar-refractivity contribution in [3.8, 4) is 0 Å². The van der Waals surface area contributed by atoms with Crippen molar-refractivity contribution in [2.24, 2.45) is 17.3 Å². The van der Waals surface area contributed by atoms with E-state index in [-0.39, 0.29) is 6.10 Å². The molecule has 2 aliphatic carbocycles. The molecular weight excluding hydrogens is 232 g/mol. The highest BCUT2D eigenvalue weighted by atomic mass is 16.3. The first-order chi connectivity index (χ1) is 9.18. The number of hydrogen-bond donors (Lipinski definition) is 1. The average molecular weight is 268 g/mol. The molecule has 1 heteroatoms. The minimum absolute atomic E-state index is 0.00870. The second-order valence-corrected chi connectivity index (χ2v) is 6.70. The highest BCUT2D eigenvalue weighted by Crippen LogP contribution is 2.56. The van der Waals surface area contributed by atoms with Crippen molar-refractivity contribution in [3.63, 3.8) is 0 Å². The molecule has 0 spiro atoms. The van der Waals surface area contributed by atoms with Gasteiger partial charge in [-0.25, -0.2) is 0 Å². The molecule has 2 rings (SSSR count). The van der Waals surface area contributed by atoms with Crippen LogP contribution >= 0.6 is 0 Å². The second-order valence-electron chi connectivity index (χ2n) is 6.70. The van der Waals surface area contributed by atoms with Gasteiger partial charge in [0.25, 0.3) is 0 Å². The lowest BCUT2D eigenvalue weighted by Gasteiger charge is -2.43. The van der Waals surface area contributed by atoms with E-state index in [1.165, 1.54) is 57.8 Å². The summed E-state index contributed by atoms with van der Waals surface area (Å²) in [5.74, 6) is 1.52. The zero-order chi connectivity index (χ0) is 14.3. The van der Waals surface area contributed by atoms with Gasteiger partial charge < -0.3 is 5.11 Å². The van der Waals surface area contributed by atoms with Crippen LogP contribution in [0.25, 0.3) is 0 Å². The van der Waals surface area contributed by atoms with Crippen LogP contribution in [-0.4, -0.2) is 11.2 Å². The summed E-state index contributed by atoms with van der Waals surface area (Å²) < 4.78 is 0. The third-order valence-corrected chi connectivity index (χ3v) is 5.69. The Morgan fingerprint density at radius 1 is 1.05 bits per heavy atom. The van der Waals surface area contributed by atoms with Crippen molar-refractivity contribution >= 4 is 0 Å². The van der Waals surface area contributed by atoms with Crippen molar-refractivity contribution < 1.29 is 5.11 Å². The first-order valence-electron chi connectivity index (χ1n) is 8.86. The molecule has 0 amide bonds. The van der Waals surface area contributed by atoms with E-state index in [0.717, 1.165) is 12.3 Å². The van der Waals surface area contributed by atoms with Crippen LogP contribution in [0.4, 0.5) is 0 Å². The van der Waals surface area contributed by atoms with Gasteiger partial charge in [0.1, 0.15) is 0 Å². The molecule has 3 unspecified atom stereocenters. The fourth-order valence-corrected chi connectivity index (χ4v) is 4.55. The summed E-state index contributed by atoms with van der Waals surface area (Å²) in [5, 5.41) is 10.2. The molecule has 0 aliphatic heterocycles. The predicted octanol–water partition coefficient (Wildman–Crippen LogP) is 5.56. The van der Waals surface area contributed by atoms with Gasteiger partial charge in [-0.2, -0.15) is 0 Å². The summed E-state index contributed by atoms with van der Waals surface area (Å²) in [4.78, 5) is 0. The number of aliphatic hydroxyl groups excluding tert-OH is 1. The van der Waals surface area contributed by atoms with Crippen molar-refractivity contribution in [2.45, 2.75) is 98.0 Å². The monoisotopic (exact) mass is 268 g/mol. The van der Waals surface area contributed by atoms with Crippen LogP contribution in [0.3, 0.4) is 0 Å². The van der Waals surface area contributed by atoms with Crippen LogP contribution in [0.15, 0.2) is 0 Å². The van der Waals surface area contributed by atoms with E-state index in [0.29, 0.717) is 11.3 Å². The Morgan fingerprint density at radius 3 is 2.47 bits per heavy atom. The normalized spacial score (nSPS) is 37.4. The molecule has 0 heterocycles. The zero-order valence-electron chi connectivity index (χ0n) is 13.8.